The second-order valence-corrected chi connectivity index (χ2v) is 6.81. The van der Waals surface area contributed by atoms with Crippen LogP contribution in [0.15, 0.2) is 54.6 Å². The van der Waals surface area contributed by atoms with Crippen LogP contribution >= 0.6 is 11.6 Å². The van der Waals surface area contributed by atoms with Gasteiger partial charge in [-0.25, -0.2) is 4.79 Å². The Balaban J connectivity index is 1.74. The highest BCUT2D eigenvalue weighted by Gasteiger charge is 2.20. The van der Waals surface area contributed by atoms with E-state index in [1.807, 2.05) is 37.3 Å². The molecular formula is C21H23ClN2O4. The number of esters is 1. The first kappa shape index (κ1) is 21.4. The molecule has 0 aliphatic heterocycles. The van der Waals surface area contributed by atoms with Crippen LogP contribution in [0.2, 0.25) is 5.02 Å². The minimum Gasteiger partial charge on any atom is -0.454 e. The van der Waals surface area contributed by atoms with Gasteiger partial charge in [-0.05, 0) is 30.5 Å². The molecule has 2 N–H and O–H groups in total. The summed E-state index contributed by atoms with van der Waals surface area (Å²) in [7, 11) is 0. The van der Waals surface area contributed by atoms with Crippen LogP contribution in [0.4, 0.5) is 0 Å². The molecule has 2 aromatic carbocycles. The van der Waals surface area contributed by atoms with Crippen LogP contribution in [0, 0.1) is 0 Å². The molecule has 0 saturated carbocycles. The Morgan fingerprint density at radius 2 is 1.64 bits per heavy atom. The molecule has 0 unspecified atom stereocenters. The highest BCUT2D eigenvalue weighted by atomic mass is 35.5. The van der Waals surface area contributed by atoms with E-state index in [1.54, 1.807) is 24.3 Å². The molecule has 0 aromatic heterocycles. The Morgan fingerprint density at radius 3 is 2.32 bits per heavy atom. The first-order chi connectivity index (χ1) is 13.4. The molecule has 0 bridgehead atoms. The number of nitrogens with one attached hydrogen (secondary N) is 2. The maximum Gasteiger partial charge on any atom is 0.328 e. The summed E-state index contributed by atoms with van der Waals surface area (Å²) in [6, 6.07) is 15.4. The lowest BCUT2D eigenvalue weighted by Gasteiger charge is -2.15. The van der Waals surface area contributed by atoms with Crippen LogP contribution in [-0.4, -0.2) is 37.0 Å². The van der Waals surface area contributed by atoms with Crippen molar-refractivity contribution in [3.63, 3.8) is 0 Å². The molecule has 28 heavy (non-hydrogen) atoms. The van der Waals surface area contributed by atoms with Gasteiger partial charge in [0.15, 0.2) is 6.61 Å². The van der Waals surface area contributed by atoms with Crippen LogP contribution < -0.4 is 10.6 Å². The molecule has 0 fully saturated rings. The van der Waals surface area contributed by atoms with Gasteiger partial charge >= 0.3 is 5.97 Å². The Bertz CT molecular complexity index is 826. The molecule has 2 rings (SSSR count). The zero-order chi connectivity index (χ0) is 20.5. The predicted molar refractivity (Wildman–Crippen MR) is 107 cm³/mol. The fourth-order valence-electron chi connectivity index (χ4n) is 2.46. The van der Waals surface area contributed by atoms with Gasteiger partial charge in [0.1, 0.15) is 6.04 Å². The van der Waals surface area contributed by atoms with Crippen LogP contribution in [0.3, 0.4) is 0 Å². The third-order valence-corrected chi connectivity index (χ3v) is 4.47. The van der Waals surface area contributed by atoms with E-state index in [0.29, 0.717) is 6.54 Å². The first-order valence-electron chi connectivity index (χ1n) is 8.92. The molecule has 2 amide bonds. The highest BCUT2D eigenvalue weighted by Crippen LogP contribution is 2.15. The number of hydrogen-bond acceptors (Lipinski definition) is 4. The maximum absolute atomic E-state index is 12.1. The minimum atomic E-state index is -0.917. The third kappa shape index (κ3) is 6.39. The average molecular weight is 403 g/mol. The van der Waals surface area contributed by atoms with Gasteiger partial charge < -0.3 is 15.4 Å². The largest absolute Gasteiger partial charge is 0.454 e. The van der Waals surface area contributed by atoms with E-state index >= 15 is 0 Å². The summed E-state index contributed by atoms with van der Waals surface area (Å²) in [6.45, 7) is 3.49. The van der Waals surface area contributed by atoms with Crippen LogP contribution in [-0.2, 0) is 14.3 Å². The third-order valence-electron chi connectivity index (χ3n) is 4.14. The van der Waals surface area contributed by atoms with Crippen LogP contribution in [0.25, 0.3) is 0 Å². The van der Waals surface area contributed by atoms with Crippen molar-refractivity contribution < 1.29 is 19.1 Å². The lowest BCUT2D eigenvalue weighted by atomic mass is 10.0. The van der Waals surface area contributed by atoms with Crippen molar-refractivity contribution in [3.05, 3.63) is 70.7 Å². The van der Waals surface area contributed by atoms with Crippen molar-refractivity contribution in [2.75, 3.05) is 13.2 Å². The summed E-state index contributed by atoms with van der Waals surface area (Å²) < 4.78 is 4.97. The zero-order valence-corrected chi connectivity index (χ0v) is 16.5. The Morgan fingerprint density at radius 1 is 1.00 bits per heavy atom. The minimum absolute atomic E-state index is 0.134. The lowest BCUT2D eigenvalue weighted by Crippen LogP contribution is -2.41. The molecule has 0 aliphatic carbocycles. The SMILES string of the molecule is C[C@H](NC(=O)c1ccccc1Cl)C(=O)OCC(=O)NC[C@H](C)c1ccccc1. The fourth-order valence-corrected chi connectivity index (χ4v) is 2.68. The van der Waals surface area contributed by atoms with Gasteiger partial charge in [-0.1, -0.05) is 61.0 Å². The molecule has 2 atom stereocenters. The maximum atomic E-state index is 12.1. The number of halogens is 1. The Labute approximate surface area is 169 Å². The number of hydrogen-bond donors (Lipinski definition) is 2. The number of amides is 2. The van der Waals surface area contributed by atoms with Gasteiger partial charge in [-0.3, -0.25) is 9.59 Å². The normalized spacial score (nSPS) is 12.5. The van der Waals surface area contributed by atoms with Crippen molar-refractivity contribution in [2.24, 2.45) is 0 Å². The van der Waals surface area contributed by atoms with Gasteiger partial charge in [0.2, 0.25) is 0 Å². The van der Waals surface area contributed by atoms with Gasteiger partial charge in [-0.2, -0.15) is 0 Å². The van der Waals surface area contributed by atoms with Gasteiger partial charge in [0.25, 0.3) is 11.8 Å². The lowest BCUT2D eigenvalue weighted by molar-refractivity contribution is -0.150. The van der Waals surface area contributed by atoms with Crippen molar-refractivity contribution in [1.29, 1.82) is 0 Å². The molecule has 0 aliphatic rings. The molecule has 2 aromatic rings. The summed E-state index contributed by atoms with van der Waals surface area (Å²) in [5, 5.41) is 5.52. The summed E-state index contributed by atoms with van der Waals surface area (Å²) in [5.41, 5.74) is 1.37. The summed E-state index contributed by atoms with van der Waals surface area (Å²) >= 11 is 5.96. The van der Waals surface area contributed by atoms with E-state index in [2.05, 4.69) is 10.6 Å². The molecule has 7 heteroatoms. The topological polar surface area (TPSA) is 84.5 Å². The van der Waals surface area contributed by atoms with E-state index < -0.39 is 30.4 Å². The number of rotatable bonds is 8. The van der Waals surface area contributed by atoms with E-state index in [1.165, 1.54) is 6.92 Å². The Hall–Kier alpha value is -2.86. The quantitative estimate of drug-likeness (QED) is 0.665. The highest BCUT2D eigenvalue weighted by molar-refractivity contribution is 6.33. The van der Waals surface area contributed by atoms with Gasteiger partial charge in [0.05, 0.1) is 10.6 Å². The number of ether oxygens (including phenoxy) is 1. The van der Waals surface area contributed by atoms with Crippen LogP contribution in [0.5, 0.6) is 0 Å². The predicted octanol–water partition coefficient (Wildman–Crippen LogP) is 2.92. The summed E-state index contributed by atoms with van der Waals surface area (Å²) in [4.78, 5) is 36.1. The molecule has 0 spiro atoms. The summed E-state index contributed by atoms with van der Waals surface area (Å²) in [5.74, 6) is -1.46. The average Bonchev–Trinajstić information content (AvgIpc) is 2.70. The smallest absolute Gasteiger partial charge is 0.328 e. The van der Waals surface area contributed by atoms with Crippen molar-refractivity contribution >= 4 is 29.4 Å². The van der Waals surface area contributed by atoms with E-state index in [4.69, 9.17) is 16.3 Å². The van der Waals surface area contributed by atoms with Gasteiger partial charge in [-0.15, -0.1) is 0 Å². The number of carbonyl (C=O) groups is 3. The summed E-state index contributed by atoms with van der Waals surface area (Å²) in [6.07, 6.45) is 0. The van der Waals surface area contributed by atoms with Gasteiger partial charge in [0, 0.05) is 6.54 Å². The fraction of sp³-hybridized carbons (Fsp3) is 0.286. The monoisotopic (exact) mass is 402 g/mol. The second kappa shape index (κ2) is 10.5. The molecule has 6 nitrogen and oxygen atoms in total. The Kier molecular flexibility index (Phi) is 8.02. The van der Waals surface area contributed by atoms with E-state index in [-0.39, 0.29) is 16.5 Å². The van der Waals surface area contributed by atoms with E-state index in [9.17, 15) is 14.4 Å². The van der Waals surface area contributed by atoms with Crippen molar-refractivity contribution in [1.82, 2.24) is 10.6 Å². The van der Waals surface area contributed by atoms with E-state index in [0.717, 1.165) is 5.56 Å². The van der Waals surface area contributed by atoms with Crippen molar-refractivity contribution in [3.8, 4) is 0 Å². The number of carbonyl (C=O) groups excluding carboxylic acids is 3. The molecule has 0 heterocycles. The second-order valence-electron chi connectivity index (χ2n) is 6.40. The zero-order valence-electron chi connectivity index (χ0n) is 15.8. The first-order valence-corrected chi connectivity index (χ1v) is 9.30. The van der Waals surface area contributed by atoms with Crippen LogP contribution in [0.1, 0.15) is 35.7 Å². The molecular weight excluding hydrogens is 380 g/mol. The molecule has 0 saturated heterocycles. The standard InChI is InChI=1S/C21H23ClN2O4/c1-14(16-8-4-3-5-9-16)12-23-19(25)13-28-21(27)15(2)24-20(26)17-10-6-7-11-18(17)22/h3-11,14-15H,12-13H2,1-2H3,(H,23,25)(H,24,26)/t14-,15-/m0/s1. The van der Waals surface area contributed by atoms with Crippen molar-refractivity contribution in [2.45, 2.75) is 25.8 Å². The molecule has 0 radical (unpaired) electrons. The molecule has 148 valence electrons. The number of benzene rings is 2.